The zero-order valence-electron chi connectivity index (χ0n) is 19.8. The number of aliphatic hydroxyl groups is 1. The molecule has 0 aromatic heterocycles. The highest BCUT2D eigenvalue weighted by molar-refractivity contribution is 5.99. The molecular formula is C14H12O2. The lowest BCUT2D eigenvalue weighted by Gasteiger charge is -2.09. The van der Waals surface area contributed by atoms with Gasteiger partial charge in [0, 0.05) is 5.56 Å². The smallest absolute Gasteiger partial charge is 0.212 e. The van der Waals surface area contributed by atoms with E-state index in [0.717, 1.165) is 0 Å². The summed E-state index contributed by atoms with van der Waals surface area (Å²) >= 11 is 0. The number of ketones is 1. The van der Waals surface area contributed by atoms with Gasteiger partial charge in [-0.05, 0) is 5.56 Å². The van der Waals surface area contributed by atoms with E-state index in [2.05, 4.69) is 5.11 Å². The van der Waals surface area contributed by atoms with Crippen LogP contribution >= 0.6 is 0 Å². The molecule has 0 fully saturated rings. The first-order valence-corrected chi connectivity index (χ1v) is 4.16. The highest BCUT2D eigenvalue weighted by atomic mass is 16.3. The van der Waals surface area contributed by atoms with Crippen molar-refractivity contribution in [2.45, 2.75) is 6.08 Å². The summed E-state index contributed by atoms with van der Waals surface area (Å²) in [7, 11) is 0. The van der Waals surface area contributed by atoms with Crippen molar-refractivity contribution in [3.8, 4) is 0 Å². The Hall–Kier alpha value is -1.93. The van der Waals surface area contributed by atoms with E-state index in [4.69, 9.17) is 16.5 Å². The van der Waals surface area contributed by atoms with Gasteiger partial charge in [0.1, 0.15) is 6.08 Å². The van der Waals surface area contributed by atoms with Gasteiger partial charge in [0.25, 0.3) is 0 Å². The molecule has 2 heteroatoms. The Balaban J connectivity index is 2.90. The van der Waals surface area contributed by atoms with Gasteiger partial charge in [0.2, 0.25) is 1.43 Å². The van der Waals surface area contributed by atoms with E-state index in [9.17, 15) is 4.79 Å². The van der Waals surface area contributed by atoms with Gasteiger partial charge in [-0.15, -0.1) is 0 Å². The lowest BCUT2D eigenvalue weighted by molar-refractivity contribution is 0.0747. The van der Waals surface area contributed by atoms with Gasteiger partial charge in [0.15, 0.2) is 5.78 Å². The molecule has 0 amide bonds. The van der Waals surface area contributed by atoms with Crippen LogP contribution in [-0.4, -0.2) is 12.3 Å². The van der Waals surface area contributed by atoms with Gasteiger partial charge >= 0.3 is 0 Å². The summed E-state index contributed by atoms with van der Waals surface area (Å²) < 4.78 is 92.3. The van der Waals surface area contributed by atoms with Crippen molar-refractivity contribution in [2.75, 3.05) is 0 Å². The largest absolute Gasteiger partial charge is 0.380 e. The predicted molar refractivity (Wildman–Crippen MR) is 62.2 cm³/mol. The first kappa shape index (κ1) is 3.28. The molecule has 2 aromatic carbocycles. The highest BCUT2D eigenvalue weighted by Crippen LogP contribution is 2.17. The minimum absolute atomic E-state index is 0.795. The molecule has 16 heavy (non-hydrogen) atoms. The van der Waals surface area contributed by atoms with Gasteiger partial charge in [-0.3, -0.25) is 4.79 Å². The molecule has 2 aromatic rings. The number of rotatable bonds is 4. The van der Waals surface area contributed by atoms with Crippen LogP contribution in [0.3, 0.4) is 0 Å². The Bertz CT molecular complexity index is 947. The molecule has 80 valence electrons. The Morgan fingerprint density at radius 1 is 1.12 bits per heavy atom. The Kier molecular flexibility index (Phi) is 0.969. The SMILES string of the molecule is [2H]OC([2H])(C(=O)c1c([2H])c([2H])c([2H])c([2H])c1[2H])c1c([2H])c([2H])c([2H])c([2H])c1[2H]. The molecule has 0 aliphatic carbocycles. The first-order chi connectivity index (χ1) is 12.8. The maximum absolute atomic E-state index is 12.9. The fourth-order valence-electron chi connectivity index (χ4n) is 0.954. The Morgan fingerprint density at radius 3 is 2.25 bits per heavy atom. The maximum Gasteiger partial charge on any atom is 0.212 e. The average molecular weight is 224 g/mol. The van der Waals surface area contributed by atoms with Crippen molar-refractivity contribution in [3.05, 3.63) is 71.6 Å². The van der Waals surface area contributed by atoms with Crippen LogP contribution in [0.1, 0.15) is 37.1 Å². The molecule has 0 aliphatic rings. The van der Waals surface area contributed by atoms with Crippen LogP contribution in [-0.2, 0) is 0 Å². The molecule has 2 rings (SSSR count). The average Bonchev–Trinajstić information content (AvgIpc) is 2.67. The minimum atomic E-state index is -3.28. The standard InChI is InChI=1S/C14H12O2/c15-13(11-7-3-1-4-8-11)14(16)12-9-5-2-6-10-12/h1-10,13,15H/i1D,2D,3D,4D,5D,6D,7D,8D,9D,10D,13D,15D. The second-order valence-electron chi connectivity index (χ2n) is 2.66. The predicted octanol–water partition coefficient (Wildman–Crippen LogP) is 2.60. The van der Waals surface area contributed by atoms with Crippen LogP contribution in [0.4, 0.5) is 0 Å². The Morgan fingerprint density at radius 2 is 1.69 bits per heavy atom. The molecule has 0 saturated heterocycles. The van der Waals surface area contributed by atoms with E-state index in [0.29, 0.717) is 0 Å². The van der Waals surface area contributed by atoms with Crippen molar-refractivity contribution in [1.82, 2.24) is 0 Å². The van der Waals surface area contributed by atoms with Crippen molar-refractivity contribution >= 4 is 5.78 Å². The fourth-order valence-corrected chi connectivity index (χ4v) is 0.954. The maximum atomic E-state index is 12.9. The zero-order chi connectivity index (χ0) is 21.7. The van der Waals surface area contributed by atoms with E-state index < -0.39 is 83.4 Å². The molecule has 0 radical (unpaired) electrons. The molecule has 0 bridgehead atoms. The second kappa shape index (κ2) is 4.73. The van der Waals surface area contributed by atoms with E-state index in [1.165, 1.54) is 0 Å². The molecule has 0 spiro atoms. The highest BCUT2D eigenvalue weighted by Gasteiger charge is 2.18. The van der Waals surface area contributed by atoms with Gasteiger partial charge in [-0.25, -0.2) is 0 Å². The summed E-state index contributed by atoms with van der Waals surface area (Å²) in [6.45, 7) is 0. The summed E-state index contributed by atoms with van der Waals surface area (Å²) in [6.07, 6.45) is -3.28. The van der Waals surface area contributed by atoms with Crippen molar-refractivity contribution < 1.29 is 25.0 Å². The van der Waals surface area contributed by atoms with Crippen LogP contribution in [0, 0.1) is 0 Å². The number of benzene rings is 2. The van der Waals surface area contributed by atoms with Gasteiger partial charge in [-0.2, -0.15) is 0 Å². The second-order valence-corrected chi connectivity index (χ2v) is 2.66. The lowest BCUT2D eigenvalue weighted by Crippen LogP contribution is -2.11. The molecule has 1 N–H and O–H groups in total. The van der Waals surface area contributed by atoms with Crippen LogP contribution in [0.15, 0.2) is 60.4 Å². The quantitative estimate of drug-likeness (QED) is 0.810. The molecule has 0 saturated carbocycles. The zero-order valence-corrected chi connectivity index (χ0v) is 7.82. The van der Waals surface area contributed by atoms with Crippen LogP contribution < -0.4 is 0 Å². The summed E-state index contributed by atoms with van der Waals surface area (Å²) in [5, 5.41) is 4.13. The van der Waals surface area contributed by atoms with Crippen molar-refractivity contribution in [3.63, 3.8) is 0 Å². The van der Waals surface area contributed by atoms with Gasteiger partial charge < -0.3 is 5.11 Å². The minimum Gasteiger partial charge on any atom is -0.380 e. The summed E-state index contributed by atoms with van der Waals surface area (Å²) in [4.78, 5) is 12.9. The molecular weight excluding hydrogens is 200 g/mol. The van der Waals surface area contributed by atoms with Gasteiger partial charge in [0.05, 0.1) is 15.1 Å². The number of carbonyl (C=O) groups is 1. The van der Waals surface area contributed by atoms with E-state index >= 15 is 0 Å². The normalized spacial score (nSPS) is 24.5. The molecule has 1 atom stereocenters. The fraction of sp³-hybridized carbons (Fsp3) is 0.0714. The third-order valence-corrected chi connectivity index (χ3v) is 1.66. The number of hydrogen-bond donors (Lipinski definition) is 1. The summed E-state index contributed by atoms with van der Waals surface area (Å²) in [5.41, 5.74) is -2.01. The van der Waals surface area contributed by atoms with Crippen LogP contribution in [0.2, 0.25) is 0 Å². The summed E-state index contributed by atoms with van der Waals surface area (Å²) in [5.74, 6) is -1.64. The monoisotopic (exact) mass is 224 g/mol. The first-order valence-electron chi connectivity index (χ1n) is 10.1. The molecule has 0 aliphatic heterocycles. The van der Waals surface area contributed by atoms with E-state index in [1.807, 2.05) is 0 Å². The molecule has 2 nitrogen and oxygen atoms in total. The van der Waals surface area contributed by atoms with E-state index in [1.54, 1.807) is 0 Å². The van der Waals surface area contributed by atoms with Crippen molar-refractivity contribution in [1.29, 1.82) is 1.43 Å². The van der Waals surface area contributed by atoms with E-state index in [-0.39, 0.29) is 0 Å². The third kappa shape index (κ3) is 2.18. The molecule has 1 unspecified atom stereocenters. The van der Waals surface area contributed by atoms with Gasteiger partial charge in [-0.1, -0.05) is 60.4 Å². The van der Waals surface area contributed by atoms with Crippen LogP contribution in [0.25, 0.3) is 0 Å². The Labute approximate surface area is 111 Å². The van der Waals surface area contributed by atoms with Crippen molar-refractivity contribution in [2.24, 2.45) is 0 Å². The number of carbonyl (C=O) groups excluding carboxylic acids is 1. The molecule has 0 heterocycles. The summed E-state index contributed by atoms with van der Waals surface area (Å²) in [6, 6.07) is -9.07. The topological polar surface area (TPSA) is 37.3 Å². The van der Waals surface area contributed by atoms with Crippen LogP contribution in [0.5, 0.6) is 0 Å². The number of hydrogen-bond acceptors (Lipinski definition) is 2. The number of Topliss-reactive ketones (excluding diaryl/α,β-unsaturated/α-hetero) is 1. The third-order valence-electron chi connectivity index (χ3n) is 1.66. The lowest BCUT2D eigenvalue weighted by atomic mass is 10.0.